The number of ether oxygens (including phenoxy) is 1. The molecule has 3 heterocycles. The number of thiophene rings is 1. The van der Waals surface area contributed by atoms with Crippen molar-refractivity contribution in [2.75, 3.05) is 25.5 Å². The summed E-state index contributed by atoms with van der Waals surface area (Å²) in [4.78, 5) is 46.3. The van der Waals surface area contributed by atoms with Crippen LogP contribution in [0, 0.1) is 13.8 Å². The third-order valence-corrected chi connectivity index (χ3v) is 7.61. The number of fused-ring (bicyclic) bond motifs is 2. The highest BCUT2D eigenvalue weighted by Crippen LogP contribution is 2.29. The molecule has 0 spiro atoms. The molecule has 0 saturated heterocycles. The number of carbonyl (C=O) groups excluding carboxylic acids is 2. The largest absolute Gasteiger partial charge is 0.382 e. The standard InChI is InChI=1S/C23H25N3O4S2/c1-4-30-12-7-10-26-22(29)18-14(2)15(3)32-19(18)24-23(26)31-13-11-25-20(27)16-8-5-6-9-17(16)21(25)28/h5-6,8-9H,4,7,10-13H2,1-3H3. The van der Waals surface area contributed by atoms with Gasteiger partial charge in [0.05, 0.1) is 16.5 Å². The lowest BCUT2D eigenvalue weighted by atomic mass is 10.1. The van der Waals surface area contributed by atoms with E-state index in [2.05, 4.69) is 0 Å². The van der Waals surface area contributed by atoms with Crippen LogP contribution in [0.15, 0.2) is 34.2 Å². The number of aromatic nitrogens is 2. The first-order valence-corrected chi connectivity index (χ1v) is 12.4. The van der Waals surface area contributed by atoms with Crippen molar-refractivity contribution in [3.8, 4) is 0 Å². The van der Waals surface area contributed by atoms with Crippen molar-refractivity contribution in [2.24, 2.45) is 0 Å². The molecule has 2 aromatic heterocycles. The molecule has 0 bridgehead atoms. The molecule has 0 unspecified atom stereocenters. The highest BCUT2D eigenvalue weighted by molar-refractivity contribution is 7.99. The van der Waals surface area contributed by atoms with Gasteiger partial charge in [-0.1, -0.05) is 23.9 Å². The Balaban J connectivity index is 1.55. The van der Waals surface area contributed by atoms with Crippen LogP contribution in [0.5, 0.6) is 0 Å². The molecule has 0 atom stereocenters. The van der Waals surface area contributed by atoms with E-state index in [0.29, 0.717) is 53.6 Å². The van der Waals surface area contributed by atoms with E-state index in [4.69, 9.17) is 9.72 Å². The minimum atomic E-state index is -0.270. The van der Waals surface area contributed by atoms with E-state index in [-0.39, 0.29) is 23.9 Å². The maximum absolute atomic E-state index is 13.3. The minimum absolute atomic E-state index is 0.0448. The average molecular weight is 472 g/mol. The van der Waals surface area contributed by atoms with Crippen molar-refractivity contribution >= 4 is 45.1 Å². The van der Waals surface area contributed by atoms with Gasteiger partial charge in [0, 0.05) is 36.9 Å². The fourth-order valence-electron chi connectivity index (χ4n) is 3.76. The summed E-state index contributed by atoms with van der Waals surface area (Å²) in [6.07, 6.45) is 0.703. The SMILES string of the molecule is CCOCCCn1c(SCCN2C(=O)c3ccccc3C2=O)nc2sc(C)c(C)c2c1=O. The third-order valence-electron chi connectivity index (χ3n) is 5.55. The van der Waals surface area contributed by atoms with Gasteiger partial charge in [0.1, 0.15) is 4.83 Å². The van der Waals surface area contributed by atoms with Gasteiger partial charge in [-0.25, -0.2) is 4.98 Å². The molecule has 4 rings (SSSR count). The van der Waals surface area contributed by atoms with Crippen molar-refractivity contribution in [1.29, 1.82) is 0 Å². The average Bonchev–Trinajstić information content (AvgIpc) is 3.20. The van der Waals surface area contributed by atoms with Gasteiger partial charge in [-0.2, -0.15) is 0 Å². The highest BCUT2D eigenvalue weighted by Gasteiger charge is 2.34. The number of carbonyl (C=O) groups is 2. The molecule has 7 nitrogen and oxygen atoms in total. The Bertz CT molecular complexity index is 1210. The quantitative estimate of drug-likeness (QED) is 0.204. The Kier molecular flexibility index (Phi) is 6.78. The number of imide groups is 1. The second-order valence-corrected chi connectivity index (χ2v) is 9.79. The number of aryl methyl sites for hydroxylation is 2. The number of amides is 2. The maximum Gasteiger partial charge on any atom is 0.263 e. The summed E-state index contributed by atoms with van der Waals surface area (Å²) in [5, 5.41) is 1.28. The molecule has 32 heavy (non-hydrogen) atoms. The summed E-state index contributed by atoms with van der Waals surface area (Å²) < 4.78 is 7.13. The molecule has 1 aliphatic rings. The predicted molar refractivity (Wildman–Crippen MR) is 127 cm³/mol. The number of hydrogen-bond acceptors (Lipinski definition) is 7. The van der Waals surface area contributed by atoms with Gasteiger partial charge in [0.15, 0.2) is 5.16 Å². The van der Waals surface area contributed by atoms with Crippen LogP contribution in [-0.4, -0.2) is 51.8 Å². The summed E-state index contributed by atoms with van der Waals surface area (Å²) in [7, 11) is 0. The number of nitrogens with zero attached hydrogens (tertiary/aromatic N) is 3. The van der Waals surface area contributed by atoms with Crippen molar-refractivity contribution in [2.45, 2.75) is 38.9 Å². The van der Waals surface area contributed by atoms with E-state index >= 15 is 0 Å². The Labute approximate surface area is 194 Å². The van der Waals surface area contributed by atoms with Crippen LogP contribution in [0.2, 0.25) is 0 Å². The van der Waals surface area contributed by atoms with Crippen LogP contribution in [0.4, 0.5) is 0 Å². The molecule has 3 aromatic rings. The zero-order valence-corrected chi connectivity index (χ0v) is 20.0. The molecule has 0 fully saturated rings. The van der Waals surface area contributed by atoms with Gasteiger partial charge < -0.3 is 4.74 Å². The van der Waals surface area contributed by atoms with Gasteiger partial charge in [-0.3, -0.25) is 23.9 Å². The van der Waals surface area contributed by atoms with Crippen LogP contribution < -0.4 is 5.56 Å². The van der Waals surface area contributed by atoms with Crippen molar-refractivity contribution in [3.05, 3.63) is 56.2 Å². The fourth-order valence-corrected chi connectivity index (χ4v) is 5.78. The molecular formula is C23H25N3O4S2. The number of benzene rings is 1. The van der Waals surface area contributed by atoms with E-state index in [0.717, 1.165) is 15.3 Å². The molecule has 2 amide bonds. The Morgan fingerprint density at radius 2 is 1.75 bits per heavy atom. The highest BCUT2D eigenvalue weighted by atomic mass is 32.2. The van der Waals surface area contributed by atoms with Crippen molar-refractivity contribution in [1.82, 2.24) is 14.5 Å². The summed E-state index contributed by atoms with van der Waals surface area (Å²) in [5.41, 5.74) is 1.82. The molecule has 1 aromatic carbocycles. The summed E-state index contributed by atoms with van der Waals surface area (Å²) in [6, 6.07) is 6.87. The molecule has 168 valence electrons. The zero-order valence-electron chi connectivity index (χ0n) is 18.3. The first-order chi connectivity index (χ1) is 15.4. The van der Waals surface area contributed by atoms with Crippen LogP contribution in [0.1, 0.15) is 44.5 Å². The first-order valence-electron chi connectivity index (χ1n) is 10.6. The molecule has 1 aliphatic heterocycles. The summed E-state index contributed by atoms with van der Waals surface area (Å²) in [5.74, 6) is -0.0838. The van der Waals surface area contributed by atoms with Gasteiger partial charge >= 0.3 is 0 Å². The minimum Gasteiger partial charge on any atom is -0.382 e. The number of thioether (sulfide) groups is 1. The van der Waals surface area contributed by atoms with Crippen LogP contribution in [0.25, 0.3) is 10.2 Å². The lowest BCUT2D eigenvalue weighted by Crippen LogP contribution is -2.32. The van der Waals surface area contributed by atoms with E-state index in [1.165, 1.54) is 28.0 Å². The lowest BCUT2D eigenvalue weighted by molar-refractivity contribution is 0.0664. The maximum atomic E-state index is 13.3. The number of hydrogen-bond donors (Lipinski definition) is 0. The Hall–Kier alpha value is -2.49. The molecule has 0 saturated carbocycles. The van der Waals surface area contributed by atoms with Gasteiger partial charge in [-0.15, -0.1) is 11.3 Å². The smallest absolute Gasteiger partial charge is 0.263 e. The van der Waals surface area contributed by atoms with E-state index in [1.807, 2.05) is 20.8 Å². The lowest BCUT2D eigenvalue weighted by Gasteiger charge is -2.15. The summed E-state index contributed by atoms with van der Waals surface area (Å²) >= 11 is 2.91. The Morgan fingerprint density at radius 1 is 1.06 bits per heavy atom. The van der Waals surface area contributed by atoms with Crippen LogP contribution >= 0.6 is 23.1 Å². The predicted octanol–water partition coefficient (Wildman–Crippen LogP) is 3.89. The summed E-state index contributed by atoms with van der Waals surface area (Å²) in [6.45, 7) is 7.86. The first kappa shape index (κ1) is 22.7. The fraction of sp³-hybridized carbons (Fsp3) is 0.391. The third kappa shape index (κ3) is 4.12. The van der Waals surface area contributed by atoms with E-state index in [1.54, 1.807) is 28.8 Å². The second-order valence-electron chi connectivity index (χ2n) is 7.52. The molecule has 0 radical (unpaired) electrons. The monoisotopic (exact) mass is 471 g/mol. The molecule has 9 heteroatoms. The molecule has 0 N–H and O–H groups in total. The molecule has 0 aliphatic carbocycles. The second kappa shape index (κ2) is 9.56. The van der Waals surface area contributed by atoms with E-state index in [9.17, 15) is 14.4 Å². The topological polar surface area (TPSA) is 81.5 Å². The van der Waals surface area contributed by atoms with Crippen molar-refractivity contribution < 1.29 is 14.3 Å². The van der Waals surface area contributed by atoms with Gasteiger partial charge in [-0.05, 0) is 44.9 Å². The number of rotatable bonds is 9. The zero-order chi connectivity index (χ0) is 22.8. The van der Waals surface area contributed by atoms with Crippen LogP contribution in [0.3, 0.4) is 0 Å². The van der Waals surface area contributed by atoms with E-state index < -0.39 is 0 Å². The van der Waals surface area contributed by atoms with Gasteiger partial charge in [0.25, 0.3) is 17.4 Å². The van der Waals surface area contributed by atoms with Gasteiger partial charge in [0.2, 0.25) is 0 Å². The Morgan fingerprint density at radius 3 is 2.41 bits per heavy atom. The molecular weight excluding hydrogens is 446 g/mol. The van der Waals surface area contributed by atoms with Crippen LogP contribution in [-0.2, 0) is 11.3 Å². The normalized spacial score (nSPS) is 13.4. The van der Waals surface area contributed by atoms with Crippen molar-refractivity contribution in [3.63, 3.8) is 0 Å².